The van der Waals surface area contributed by atoms with Gasteiger partial charge in [0.15, 0.2) is 5.69 Å². The Morgan fingerprint density at radius 3 is 2.65 bits per heavy atom. The van der Waals surface area contributed by atoms with Crippen LogP contribution in [0.15, 0.2) is 35.0 Å². The van der Waals surface area contributed by atoms with Crippen LogP contribution in [0.1, 0.15) is 41.4 Å². The molecule has 9 nitrogen and oxygen atoms in total. The average Bonchev–Trinajstić information content (AvgIpc) is 3.21. The fourth-order valence-electron chi connectivity index (χ4n) is 4.12. The topological polar surface area (TPSA) is 115 Å². The molecule has 0 radical (unpaired) electrons. The monoisotopic (exact) mass is 483 g/mol. The minimum Gasteiger partial charge on any atom is -0.478 e. The fraction of sp³-hybridized carbons (Fsp3) is 0.545. The number of aliphatic carboxylic acids is 1. The summed E-state index contributed by atoms with van der Waals surface area (Å²) >= 11 is 0. The highest BCUT2D eigenvalue weighted by Gasteiger charge is 2.45. The van der Waals surface area contributed by atoms with Crippen LogP contribution in [0, 0.1) is 11.8 Å². The Labute approximate surface area is 192 Å². The Bertz CT molecular complexity index is 995. The number of nitrogens with zero attached hydrogens (tertiary/aromatic N) is 3. The normalized spacial score (nSPS) is 23.7. The minimum absolute atomic E-state index is 0.0489. The number of likely N-dealkylation sites (tertiary alicyclic amines) is 1. The predicted octanol–water partition coefficient (Wildman–Crippen LogP) is 3.14. The van der Waals surface area contributed by atoms with E-state index in [9.17, 15) is 18.0 Å². The molecule has 0 unspecified atom stereocenters. The molecule has 3 aliphatic rings. The zero-order chi connectivity index (χ0) is 24.3. The van der Waals surface area contributed by atoms with E-state index < -0.39 is 12.1 Å². The summed E-state index contributed by atoms with van der Waals surface area (Å²) in [6, 6.07) is 7.45. The van der Waals surface area contributed by atoms with Gasteiger partial charge in [-0.05, 0) is 31.2 Å². The number of hydrogen-bond donors (Lipinski definition) is 1. The van der Waals surface area contributed by atoms with Crippen LogP contribution in [0.25, 0.3) is 0 Å². The van der Waals surface area contributed by atoms with Gasteiger partial charge < -0.3 is 24.0 Å². The predicted molar refractivity (Wildman–Crippen MR) is 109 cm³/mol. The summed E-state index contributed by atoms with van der Waals surface area (Å²) in [5.41, 5.74) is 0.423. The molecule has 184 valence electrons. The zero-order valence-corrected chi connectivity index (χ0v) is 18.1. The molecule has 2 aromatic heterocycles. The van der Waals surface area contributed by atoms with Crippen molar-refractivity contribution in [1.29, 1.82) is 0 Å². The molecule has 12 heteroatoms. The van der Waals surface area contributed by atoms with E-state index in [1.807, 2.05) is 29.2 Å². The molecule has 2 aliphatic heterocycles. The molecule has 0 aromatic carbocycles. The maximum atomic E-state index is 12.8. The second-order valence-electron chi connectivity index (χ2n) is 8.50. The summed E-state index contributed by atoms with van der Waals surface area (Å²) in [5.74, 6) is -0.0948. The van der Waals surface area contributed by atoms with E-state index in [0.29, 0.717) is 49.0 Å². The van der Waals surface area contributed by atoms with Gasteiger partial charge in [0.25, 0.3) is 5.91 Å². The van der Waals surface area contributed by atoms with Crippen LogP contribution in [0.2, 0.25) is 0 Å². The van der Waals surface area contributed by atoms with Gasteiger partial charge >= 0.3 is 12.1 Å². The molecule has 1 N–H and O–H groups in total. The highest BCUT2D eigenvalue weighted by molar-refractivity contribution is 5.92. The summed E-state index contributed by atoms with van der Waals surface area (Å²) in [6.07, 6.45) is -0.0818. The maximum absolute atomic E-state index is 12.8. The first-order valence-corrected chi connectivity index (χ1v) is 10.9. The average molecular weight is 483 g/mol. The van der Waals surface area contributed by atoms with Crippen molar-refractivity contribution in [1.82, 2.24) is 15.0 Å². The SMILES string of the molecule is O=C(O)C(F)(F)F.O=C(c1cc(C2CC2)on1)N1C[C@H]2[C@@H](CCOc3ccccn3)CO[C@H]2C1. The first-order chi connectivity index (χ1) is 16.2. The lowest BCUT2D eigenvalue weighted by atomic mass is 9.91. The number of carbonyl (C=O) groups is 2. The van der Waals surface area contributed by atoms with E-state index in [1.165, 1.54) is 0 Å². The van der Waals surface area contributed by atoms with E-state index in [1.54, 1.807) is 6.20 Å². The Morgan fingerprint density at radius 2 is 2.00 bits per heavy atom. The Balaban J connectivity index is 0.000000344. The Morgan fingerprint density at radius 1 is 1.24 bits per heavy atom. The number of ether oxygens (including phenoxy) is 2. The molecule has 0 bridgehead atoms. The van der Waals surface area contributed by atoms with Crippen molar-refractivity contribution in [2.24, 2.45) is 11.8 Å². The fourth-order valence-corrected chi connectivity index (χ4v) is 4.12. The second kappa shape index (κ2) is 10.00. The number of carbonyl (C=O) groups excluding carboxylic acids is 1. The number of pyridine rings is 1. The van der Waals surface area contributed by atoms with E-state index in [0.717, 1.165) is 31.6 Å². The number of alkyl halides is 3. The van der Waals surface area contributed by atoms with Crippen LogP contribution in [-0.2, 0) is 9.53 Å². The van der Waals surface area contributed by atoms with Gasteiger partial charge in [-0.15, -0.1) is 0 Å². The second-order valence-corrected chi connectivity index (χ2v) is 8.50. The lowest BCUT2D eigenvalue weighted by Crippen LogP contribution is -2.31. The lowest BCUT2D eigenvalue weighted by molar-refractivity contribution is -0.192. The van der Waals surface area contributed by atoms with Crippen LogP contribution in [0.3, 0.4) is 0 Å². The van der Waals surface area contributed by atoms with E-state index in [4.69, 9.17) is 23.9 Å². The molecular weight excluding hydrogens is 459 g/mol. The van der Waals surface area contributed by atoms with E-state index in [2.05, 4.69) is 10.1 Å². The third-order valence-corrected chi connectivity index (χ3v) is 6.07. The molecule has 1 amide bonds. The maximum Gasteiger partial charge on any atom is 0.490 e. The summed E-state index contributed by atoms with van der Waals surface area (Å²) in [5, 5.41) is 11.1. The number of fused-ring (bicyclic) bond motifs is 1. The van der Waals surface area contributed by atoms with Crippen LogP contribution in [0.5, 0.6) is 5.88 Å². The van der Waals surface area contributed by atoms with E-state index >= 15 is 0 Å². The summed E-state index contributed by atoms with van der Waals surface area (Å²) in [7, 11) is 0. The van der Waals surface area contributed by atoms with Crippen LogP contribution >= 0.6 is 0 Å². The highest BCUT2D eigenvalue weighted by Crippen LogP contribution is 2.40. The number of aromatic nitrogens is 2. The van der Waals surface area contributed by atoms with Gasteiger partial charge in [0.1, 0.15) is 5.76 Å². The quantitative estimate of drug-likeness (QED) is 0.667. The first kappa shape index (κ1) is 24.0. The summed E-state index contributed by atoms with van der Waals surface area (Å²) in [6.45, 7) is 2.69. The zero-order valence-electron chi connectivity index (χ0n) is 18.1. The molecule has 3 atom stereocenters. The third kappa shape index (κ3) is 5.85. The first-order valence-electron chi connectivity index (χ1n) is 10.9. The van der Waals surface area contributed by atoms with Crippen molar-refractivity contribution in [3.8, 4) is 5.88 Å². The van der Waals surface area contributed by atoms with Crippen molar-refractivity contribution < 1.29 is 41.9 Å². The van der Waals surface area contributed by atoms with Gasteiger partial charge in [-0.25, -0.2) is 9.78 Å². The van der Waals surface area contributed by atoms with Crippen molar-refractivity contribution in [3.05, 3.63) is 41.9 Å². The number of carboxylic acids is 1. The molecule has 4 heterocycles. The van der Waals surface area contributed by atoms with Crippen molar-refractivity contribution in [2.75, 3.05) is 26.3 Å². The molecule has 0 spiro atoms. The third-order valence-electron chi connectivity index (χ3n) is 6.07. The number of rotatable bonds is 6. The molecule has 3 fully saturated rings. The smallest absolute Gasteiger partial charge is 0.478 e. The summed E-state index contributed by atoms with van der Waals surface area (Å²) in [4.78, 5) is 27.7. The van der Waals surface area contributed by atoms with Crippen LogP contribution in [0.4, 0.5) is 13.2 Å². The van der Waals surface area contributed by atoms with Crippen LogP contribution < -0.4 is 4.74 Å². The number of amides is 1. The molecule has 2 aromatic rings. The number of carboxylic acid groups (broad SMARTS) is 1. The summed E-state index contributed by atoms with van der Waals surface area (Å²) < 4.78 is 48.7. The highest BCUT2D eigenvalue weighted by atomic mass is 19.4. The Hall–Kier alpha value is -3.15. The molecule has 5 rings (SSSR count). The molecule has 1 aliphatic carbocycles. The van der Waals surface area contributed by atoms with Gasteiger partial charge in [-0.1, -0.05) is 11.2 Å². The Kier molecular flexibility index (Phi) is 7.05. The molecular formula is C22H24F3N3O6. The van der Waals surface area contributed by atoms with Gasteiger partial charge in [-0.2, -0.15) is 13.2 Å². The van der Waals surface area contributed by atoms with Gasteiger partial charge in [0.05, 0.1) is 19.3 Å². The largest absolute Gasteiger partial charge is 0.490 e. The van der Waals surface area contributed by atoms with E-state index in [-0.39, 0.29) is 12.0 Å². The van der Waals surface area contributed by atoms with Gasteiger partial charge in [-0.3, -0.25) is 4.79 Å². The number of hydrogen-bond acceptors (Lipinski definition) is 7. The standard InChI is InChI=1S/C20H23N3O4.C2HF3O2/c24-20(16-9-17(27-22-16)13-4-5-13)23-10-15-14(12-26-18(15)11-23)6-8-25-19-3-1-2-7-21-19;3-2(4,5)1(6)7/h1-3,7,9,13-15,18H,4-6,8,10-12H2;(H,6,7)/t14-,15-,18-;/m0./s1. The van der Waals surface area contributed by atoms with Crippen molar-refractivity contribution >= 4 is 11.9 Å². The molecule has 34 heavy (non-hydrogen) atoms. The van der Waals surface area contributed by atoms with Crippen LogP contribution in [-0.4, -0.2) is 70.6 Å². The lowest BCUT2D eigenvalue weighted by Gasteiger charge is -2.19. The molecule has 1 saturated carbocycles. The number of halogens is 3. The molecule has 2 saturated heterocycles. The van der Waals surface area contributed by atoms with Gasteiger partial charge in [0, 0.05) is 43.3 Å². The minimum atomic E-state index is -5.08. The van der Waals surface area contributed by atoms with Crippen molar-refractivity contribution in [3.63, 3.8) is 0 Å². The van der Waals surface area contributed by atoms with Gasteiger partial charge in [0.2, 0.25) is 5.88 Å². The van der Waals surface area contributed by atoms with Crippen molar-refractivity contribution in [2.45, 2.75) is 37.5 Å².